The van der Waals surface area contributed by atoms with Gasteiger partial charge in [-0.3, -0.25) is 5.32 Å². The lowest BCUT2D eigenvalue weighted by molar-refractivity contribution is 0.363. The van der Waals surface area contributed by atoms with Gasteiger partial charge in [0.1, 0.15) is 0 Å². The van der Waals surface area contributed by atoms with Crippen LogP contribution in [0.4, 0.5) is 0 Å². The highest BCUT2D eigenvalue weighted by molar-refractivity contribution is 7.13. The summed E-state index contributed by atoms with van der Waals surface area (Å²) in [6.07, 6.45) is 0. The molecule has 0 unspecified atom stereocenters. The number of hydrogen-bond donors (Lipinski definition) is 1. The molecule has 0 spiro atoms. The van der Waals surface area contributed by atoms with Crippen LogP contribution in [0.15, 0.2) is 76.6 Å². The number of thiophene rings is 1. The van der Waals surface area contributed by atoms with Crippen LogP contribution >= 0.6 is 11.3 Å². The molecule has 0 saturated heterocycles. The Morgan fingerprint density at radius 1 is 0.962 bits per heavy atom. The fourth-order valence-corrected chi connectivity index (χ4v) is 3.50. The molecule has 2 aromatic carbocycles. The number of aryl methyl sites for hydroxylation is 1. The third kappa shape index (κ3) is 3.74. The van der Waals surface area contributed by atoms with E-state index in [1.807, 2.05) is 23.6 Å². The molecule has 2 aromatic heterocycles. The molecule has 1 N–H and O–H groups in total. The maximum Gasteiger partial charge on any atom is 0.240 e. The Labute approximate surface area is 156 Å². The van der Waals surface area contributed by atoms with Gasteiger partial charge < -0.3 is 4.52 Å². The lowest BCUT2D eigenvalue weighted by Gasteiger charge is -2.19. The summed E-state index contributed by atoms with van der Waals surface area (Å²) in [5.74, 6) is 1.23. The van der Waals surface area contributed by atoms with E-state index in [4.69, 9.17) is 4.52 Å². The Kier molecular flexibility index (Phi) is 4.91. The summed E-state index contributed by atoms with van der Waals surface area (Å²) in [5, 5.41) is 9.64. The summed E-state index contributed by atoms with van der Waals surface area (Å²) in [6.45, 7) is 2.60. The summed E-state index contributed by atoms with van der Waals surface area (Å²) >= 11 is 1.60. The van der Waals surface area contributed by atoms with E-state index in [0.717, 1.165) is 4.88 Å². The van der Waals surface area contributed by atoms with Crippen LogP contribution in [0.2, 0.25) is 0 Å². The van der Waals surface area contributed by atoms with Gasteiger partial charge in [-0.2, -0.15) is 4.98 Å². The highest BCUT2D eigenvalue weighted by Crippen LogP contribution is 2.24. The van der Waals surface area contributed by atoms with Gasteiger partial charge in [0.25, 0.3) is 0 Å². The van der Waals surface area contributed by atoms with Crippen LogP contribution in [0.3, 0.4) is 0 Å². The van der Waals surface area contributed by atoms with Crippen LogP contribution in [0, 0.1) is 6.92 Å². The van der Waals surface area contributed by atoms with E-state index in [1.165, 1.54) is 16.7 Å². The first-order valence-corrected chi connectivity index (χ1v) is 9.39. The SMILES string of the molecule is Cc1ccc([C@@H](NCc2nc(-c3cccs3)no2)c2ccccc2)cc1. The second-order valence-electron chi connectivity index (χ2n) is 6.12. The third-order valence-corrected chi connectivity index (χ3v) is 5.08. The normalized spacial score (nSPS) is 12.2. The predicted octanol–water partition coefficient (Wildman–Crippen LogP) is 4.99. The molecule has 0 aliphatic carbocycles. The third-order valence-electron chi connectivity index (χ3n) is 4.21. The quantitative estimate of drug-likeness (QED) is 0.526. The Morgan fingerprint density at radius 3 is 2.46 bits per heavy atom. The van der Waals surface area contributed by atoms with E-state index < -0.39 is 0 Å². The van der Waals surface area contributed by atoms with Crippen molar-refractivity contribution in [1.82, 2.24) is 15.5 Å². The number of aromatic nitrogens is 2. The Morgan fingerprint density at radius 2 is 1.73 bits per heavy atom. The fourth-order valence-electron chi connectivity index (χ4n) is 2.85. The molecule has 0 aliphatic rings. The second kappa shape index (κ2) is 7.64. The largest absolute Gasteiger partial charge is 0.338 e. The minimum absolute atomic E-state index is 0.0638. The standard InChI is InChI=1S/C21H19N3OS/c1-15-9-11-17(12-10-15)20(16-6-3-2-4-7-16)22-14-19-23-21(24-25-19)18-8-5-13-26-18/h2-13,20,22H,14H2,1H3/t20-/m0/s1. The van der Waals surface area contributed by atoms with E-state index >= 15 is 0 Å². The summed E-state index contributed by atoms with van der Waals surface area (Å²) in [4.78, 5) is 5.51. The van der Waals surface area contributed by atoms with Crippen molar-refractivity contribution in [3.05, 3.63) is 94.7 Å². The molecule has 4 rings (SSSR count). The van der Waals surface area contributed by atoms with E-state index in [1.54, 1.807) is 11.3 Å². The van der Waals surface area contributed by atoms with Crippen LogP contribution in [0.25, 0.3) is 10.7 Å². The number of nitrogens with zero attached hydrogens (tertiary/aromatic N) is 2. The molecule has 2 heterocycles. The Balaban J connectivity index is 1.54. The summed E-state index contributed by atoms with van der Waals surface area (Å²) < 4.78 is 5.41. The predicted molar refractivity (Wildman–Crippen MR) is 104 cm³/mol. The fraction of sp³-hybridized carbons (Fsp3) is 0.143. The molecule has 4 aromatic rings. The van der Waals surface area contributed by atoms with Crippen molar-refractivity contribution < 1.29 is 4.52 Å². The molecule has 0 amide bonds. The molecule has 26 heavy (non-hydrogen) atoms. The monoisotopic (exact) mass is 361 g/mol. The topological polar surface area (TPSA) is 51.0 Å². The van der Waals surface area contributed by atoms with Crippen LogP contribution in [-0.4, -0.2) is 10.1 Å². The van der Waals surface area contributed by atoms with E-state index in [2.05, 4.69) is 70.9 Å². The summed E-state index contributed by atoms with van der Waals surface area (Å²) in [7, 11) is 0. The number of rotatable bonds is 6. The number of nitrogens with one attached hydrogen (secondary N) is 1. The second-order valence-corrected chi connectivity index (χ2v) is 7.07. The van der Waals surface area contributed by atoms with E-state index in [-0.39, 0.29) is 6.04 Å². The Hall–Kier alpha value is -2.76. The van der Waals surface area contributed by atoms with Gasteiger partial charge >= 0.3 is 0 Å². The number of benzene rings is 2. The molecule has 0 aliphatic heterocycles. The highest BCUT2D eigenvalue weighted by atomic mass is 32.1. The average molecular weight is 361 g/mol. The van der Waals surface area contributed by atoms with Gasteiger partial charge in [-0.05, 0) is 29.5 Å². The van der Waals surface area contributed by atoms with Crippen molar-refractivity contribution in [2.75, 3.05) is 0 Å². The van der Waals surface area contributed by atoms with Crippen molar-refractivity contribution in [3.63, 3.8) is 0 Å². The summed E-state index contributed by atoms with van der Waals surface area (Å²) in [6, 6.07) is 23.0. The van der Waals surface area contributed by atoms with Gasteiger partial charge in [0.2, 0.25) is 11.7 Å². The van der Waals surface area contributed by atoms with E-state index in [9.17, 15) is 0 Å². The van der Waals surface area contributed by atoms with Crippen LogP contribution in [0.1, 0.15) is 28.6 Å². The van der Waals surface area contributed by atoms with E-state index in [0.29, 0.717) is 18.3 Å². The van der Waals surface area contributed by atoms with Gasteiger partial charge in [-0.1, -0.05) is 71.4 Å². The maximum absolute atomic E-state index is 5.41. The van der Waals surface area contributed by atoms with Gasteiger partial charge in [0.15, 0.2) is 0 Å². The molecule has 0 fully saturated rings. The first kappa shape index (κ1) is 16.7. The van der Waals surface area contributed by atoms with Crippen LogP contribution in [0.5, 0.6) is 0 Å². The summed E-state index contributed by atoms with van der Waals surface area (Å²) in [5.41, 5.74) is 3.66. The first-order valence-electron chi connectivity index (χ1n) is 8.51. The smallest absolute Gasteiger partial charge is 0.240 e. The Bertz CT molecular complexity index is 947. The van der Waals surface area contributed by atoms with Crippen molar-refractivity contribution in [2.24, 2.45) is 0 Å². The number of hydrogen-bond acceptors (Lipinski definition) is 5. The van der Waals surface area contributed by atoms with Crippen LogP contribution < -0.4 is 5.32 Å². The molecule has 0 saturated carbocycles. The molecule has 0 radical (unpaired) electrons. The van der Waals surface area contributed by atoms with Crippen molar-refractivity contribution in [2.45, 2.75) is 19.5 Å². The molecule has 4 nitrogen and oxygen atoms in total. The molecule has 0 bridgehead atoms. The highest BCUT2D eigenvalue weighted by Gasteiger charge is 2.16. The zero-order chi connectivity index (χ0) is 17.8. The van der Waals surface area contributed by atoms with Gasteiger partial charge in [0, 0.05) is 0 Å². The van der Waals surface area contributed by atoms with Crippen molar-refractivity contribution in [1.29, 1.82) is 0 Å². The molecule has 130 valence electrons. The van der Waals surface area contributed by atoms with Gasteiger partial charge in [-0.25, -0.2) is 0 Å². The molecule has 5 heteroatoms. The molecular weight excluding hydrogens is 342 g/mol. The van der Waals surface area contributed by atoms with Crippen LogP contribution in [-0.2, 0) is 6.54 Å². The first-order chi connectivity index (χ1) is 12.8. The maximum atomic E-state index is 5.41. The molecular formula is C21H19N3OS. The van der Waals surface area contributed by atoms with Crippen molar-refractivity contribution >= 4 is 11.3 Å². The van der Waals surface area contributed by atoms with Gasteiger partial charge in [0.05, 0.1) is 17.5 Å². The zero-order valence-corrected chi connectivity index (χ0v) is 15.2. The van der Waals surface area contributed by atoms with Gasteiger partial charge in [-0.15, -0.1) is 11.3 Å². The van der Waals surface area contributed by atoms with Crippen molar-refractivity contribution in [3.8, 4) is 10.7 Å². The molecule has 1 atom stereocenters. The average Bonchev–Trinajstić information content (AvgIpc) is 3.36. The zero-order valence-electron chi connectivity index (χ0n) is 14.4. The lowest BCUT2D eigenvalue weighted by atomic mass is 9.98. The minimum Gasteiger partial charge on any atom is -0.338 e. The lowest BCUT2D eigenvalue weighted by Crippen LogP contribution is -2.22. The minimum atomic E-state index is 0.0638.